The van der Waals surface area contributed by atoms with Crippen molar-refractivity contribution in [2.75, 3.05) is 0 Å². The normalized spacial score (nSPS) is 11.0. The third kappa shape index (κ3) is 4.03. The Bertz CT molecular complexity index is 1130. The first kappa shape index (κ1) is 19.6. The first-order valence-electron chi connectivity index (χ1n) is 10.1. The van der Waals surface area contributed by atoms with E-state index in [4.69, 9.17) is 0 Å². The number of rotatable bonds is 8. The maximum Gasteiger partial charge on any atom is 0.217 e. The molecule has 0 fully saturated rings. The summed E-state index contributed by atoms with van der Waals surface area (Å²) in [5, 5.41) is 18.6. The summed E-state index contributed by atoms with van der Waals surface area (Å²) in [6, 6.07) is 16.3. The van der Waals surface area contributed by atoms with Gasteiger partial charge in [0.05, 0.1) is 0 Å². The van der Waals surface area contributed by atoms with Gasteiger partial charge in [-0.2, -0.15) is 0 Å². The van der Waals surface area contributed by atoms with Crippen LogP contribution in [0.1, 0.15) is 48.7 Å². The van der Waals surface area contributed by atoms with Crippen molar-refractivity contribution < 1.29 is 4.79 Å². The molecule has 0 aliphatic heterocycles. The predicted molar refractivity (Wildman–Crippen MR) is 113 cm³/mol. The van der Waals surface area contributed by atoms with Crippen molar-refractivity contribution in [3.63, 3.8) is 0 Å². The highest BCUT2D eigenvalue weighted by molar-refractivity contribution is 5.92. The molecule has 0 aliphatic rings. The molecule has 4 aromatic rings. The average molecular weight is 401 g/mol. The van der Waals surface area contributed by atoms with Crippen LogP contribution in [0.4, 0.5) is 0 Å². The van der Waals surface area contributed by atoms with E-state index >= 15 is 0 Å². The van der Waals surface area contributed by atoms with Gasteiger partial charge in [-0.05, 0) is 40.5 Å². The minimum absolute atomic E-state index is 0.000175. The molecule has 0 amide bonds. The number of nitrogens with zero attached hydrogens (tertiary/aromatic N) is 6. The molecule has 30 heavy (non-hydrogen) atoms. The standard InChI is InChI=1S/C22H23N7O/c1-3-7-19(30)22-23-20(29(4-2)26-22)14-15-10-12-16(13-11-15)17-8-5-6-9-18(17)21-24-27-28-25-21/h5-6,8-13H,3-4,7,14H2,1-2H3,(H,24,25,27,28). The van der Waals surface area contributed by atoms with Crippen molar-refractivity contribution in [1.82, 2.24) is 35.4 Å². The number of carbonyl (C=O) groups is 1. The van der Waals surface area contributed by atoms with Crippen LogP contribution in [0.2, 0.25) is 0 Å². The molecular formula is C22H23N7O. The molecule has 0 spiro atoms. The fraction of sp³-hybridized carbons (Fsp3) is 0.273. The number of Topliss-reactive ketones (excluding diaryl/α,β-unsaturated/α-hetero) is 1. The Morgan fingerprint density at radius 1 is 1.03 bits per heavy atom. The first-order chi connectivity index (χ1) is 14.7. The number of aromatic nitrogens is 7. The summed E-state index contributed by atoms with van der Waals surface area (Å²) in [7, 11) is 0. The Hall–Kier alpha value is -3.68. The van der Waals surface area contributed by atoms with E-state index in [0.717, 1.165) is 34.5 Å². The summed E-state index contributed by atoms with van der Waals surface area (Å²) < 4.78 is 1.81. The zero-order valence-electron chi connectivity index (χ0n) is 17.0. The van der Waals surface area contributed by atoms with E-state index in [-0.39, 0.29) is 5.78 Å². The molecule has 0 saturated heterocycles. The largest absolute Gasteiger partial charge is 0.291 e. The van der Waals surface area contributed by atoms with Gasteiger partial charge in [0.2, 0.25) is 11.6 Å². The maximum absolute atomic E-state index is 12.2. The predicted octanol–water partition coefficient (Wildman–Crippen LogP) is 3.72. The summed E-state index contributed by atoms with van der Waals surface area (Å²) in [5.74, 6) is 1.76. The van der Waals surface area contributed by atoms with Gasteiger partial charge in [-0.1, -0.05) is 55.5 Å². The van der Waals surface area contributed by atoms with Gasteiger partial charge in [0.25, 0.3) is 0 Å². The van der Waals surface area contributed by atoms with Gasteiger partial charge in [-0.15, -0.1) is 10.2 Å². The number of hydrogen-bond donors (Lipinski definition) is 1. The second kappa shape index (κ2) is 8.77. The summed E-state index contributed by atoms with van der Waals surface area (Å²) in [6.45, 7) is 4.66. The Labute approximate surface area is 174 Å². The Kier molecular flexibility index (Phi) is 5.74. The second-order valence-corrected chi connectivity index (χ2v) is 7.01. The molecule has 0 unspecified atom stereocenters. The molecule has 152 valence electrons. The number of hydrogen-bond acceptors (Lipinski definition) is 6. The van der Waals surface area contributed by atoms with Gasteiger partial charge < -0.3 is 0 Å². The van der Waals surface area contributed by atoms with E-state index in [1.54, 1.807) is 0 Å². The van der Waals surface area contributed by atoms with E-state index in [1.807, 2.05) is 42.8 Å². The summed E-state index contributed by atoms with van der Waals surface area (Å²) in [4.78, 5) is 16.7. The Morgan fingerprint density at radius 2 is 1.80 bits per heavy atom. The number of aryl methyl sites for hydroxylation is 1. The zero-order valence-corrected chi connectivity index (χ0v) is 17.0. The van der Waals surface area contributed by atoms with Crippen LogP contribution in [0.5, 0.6) is 0 Å². The molecular weight excluding hydrogens is 378 g/mol. The van der Waals surface area contributed by atoms with Gasteiger partial charge in [-0.3, -0.25) is 4.79 Å². The van der Waals surface area contributed by atoms with E-state index in [0.29, 0.717) is 31.0 Å². The molecule has 1 N–H and O–H groups in total. The Balaban J connectivity index is 1.58. The molecule has 2 heterocycles. The molecule has 0 radical (unpaired) electrons. The fourth-order valence-electron chi connectivity index (χ4n) is 3.41. The van der Waals surface area contributed by atoms with Crippen molar-refractivity contribution in [2.45, 2.75) is 39.7 Å². The molecule has 0 saturated carbocycles. The lowest BCUT2D eigenvalue weighted by molar-refractivity contribution is 0.0971. The number of carbonyl (C=O) groups excluding carboxylic acids is 1. The van der Waals surface area contributed by atoms with Crippen molar-refractivity contribution >= 4 is 5.78 Å². The number of tetrazole rings is 1. The van der Waals surface area contributed by atoms with Crippen molar-refractivity contribution in [3.8, 4) is 22.5 Å². The molecule has 0 aliphatic carbocycles. The monoisotopic (exact) mass is 401 g/mol. The summed E-state index contributed by atoms with van der Waals surface area (Å²) >= 11 is 0. The van der Waals surface area contributed by atoms with Gasteiger partial charge in [0, 0.05) is 24.9 Å². The number of ketones is 1. The topological polar surface area (TPSA) is 102 Å². The number of aromatic amines is 1. The third-order valence-electron chi connectivity index (χ3n) is 4.93. The molecule has 2 aromatic heterocycles. The molecule has 0 atom stereocenters. The molecule has 4 rings (SSSR count). The SMILES string of the molecule is CCCC(=O)c1nc(Cc2ccc(-c3ccccc3-c3nnn[nH]3)cc2)n(CC)n1. The van der Waals surface area contributed by atoms with Crippen molar-refractivity contribution in [3.05, 3.63) is 65.7 Å². The van der Waals surface area contributed by atoms with E-state index in [2.05, 4.69) is 55.0 Å². The number of benzene rings is 2. The lowest BCUT2D eigenvalue weighted by Gasteiger charge is -2.08. The summed E-state index contributed by atoms with van der Waals surface area (Å²) in [6.07, 6.45) is 1.89. The summed E-state index contributed by atoms with van der Waals surface area (Å²) in [5.41, 5.74) is 4.17. The quantitative estimate of drug-likeness (QED) is 0.452. The van der Waals surface area contributed by atoms with Crippen LogP contribution >= 0.6 is 0 Å². The van der Waals surface area contributed by atoms with Crippen LogP contribution in [0.25, 0.3) is 22.5 Å². The highest BCUT2D eigenvalue weighted by Gasteiger charge is 2.16. The van der Waals surface area contributed by atoms with Crippen LogP contribution in [0, 0.1) is 0 Å². The lowest BCUT2D eigenvalue weighted by atomic mass is 9.98. The number of nitrogens with one attached hydrogen (secondary N) is 1. The van der Waals surface area contributed by atoms with Gasteiger partial charge in [-0.25, -0.2) is 14.8 Å². The Morgan fingerprint density at radius 3 is 2.47 bits per heavy atom. The van der Waals surface area contributed by atoms with Crippen molar-refractivity contribution in [1.29, 1.82) is 0 Å². The van der Waals surface area contributed by atoms with Gasteiger partial charge in [0.15, 0.2) is 5.82 Å². The maximum atomic E-state index is 12.2. The second-order valence-electron chi connectivity index (χ2n) is 7.01. The van der Waals surface area contributed by atoms with E-state index in [1.165, 1.54) is 0 Å². The van der Waals surface area contributed by atoms with Crippen LogP contribution < -0.4 is 0 Å². The van der Waals surface area contributed by atoms with Gasteiger partial charge >= 0.3 is 0 Å². The third-order valence-corrected chi connectivity index (χ3v) is 4.93. The fourth-order valence-corrected chi connectivity index (χ4v) is 3.41. The van der Waals surface area contributed by atoms with E-state index < -0.39 is 0 Å². The minimum atomic E-state index is -0.000175. The smallest absolute Gasteiger partial charge is 0.217 e. The molecule has 2 aromatic carbocycles. The number of H-pyrrole nitrogens is 1. The van der Waals surface area contributed by atoms with Crippen LogP contribution in [0.3, 0.4) is 0 Å². The highest BCUT2D eigenvalue weighted by atomic mass is 16.1. The van der Waals surface area contributed by atoms with Crippen LogP contribution in [-0.4, -0.2) is 41.2 Å². The minimum Gasteiger partial charge on any atom is -0.291 e. The van der Waals surface area contributed by atoms with Gasteiger partial charge in [0.1, 0.15) is 5.82 Å². The van der Waals surface area contributed by atoms with Crippen LogP contribution in [0.15, 0.2) is 48.5 Å². The lowest BCUT2D eigenvalue weighted by Crippen LogP contribution is -2.05. The van der Waals surface area contributed by atoms with Crippen LogP contribution in [-0.2, 0) is 13.0 Å². The molecule has 8 nitrogen and oxygen atoms in total. The molecule has 0 bridgehead atoms. The van der Waals surface area contributed by atoms with Crippen molar-refractivity contribution in [2.24, 2.45) is 0 Å². The first-order valence-corrected chi connectivity index (χ1v) is 10.1. The zero-order chi connectivity index (χ0) is 20.9. The molecule has 8 heteroatoms. The highest BCUT2D eigenvalue weighted by Crippen LogP contribution is 2.29. The average Bonchev–Trinajstić information content (AvgIpc) is 3.45. The van der Waals surface area contributed by atoms with E-state index in [9.17, 15) is 4.79 Å².